The minimum Gasteiger partial charge on any atom is -0.356 e. The third-order valence-corrected chi connectivity index (χ3v) is 7.43. The first-order valence-electron chi connectivity index (χ1n) is 11.2. The predicted octanol–water partition coefficient (Wildman–Crippen LogP) is 8.66. The van der Waals surface area contributed by atoms with Crippen LogP contribution >= 0.6 is 23.5 Å². The van der Waals surface area contributed by atoms with Gasteiger partial charge in [0.15, 0.2) is 0 Å². The van der Waals surface area contributed by atoms with Gasteiger partial charge in [0.25, 0.3) is 0 Å². The summed E-state index contributed by atoms with van der Waals surface area (Å²) in [5, 5.41) is 4.54. The predicted molar refractivity (Wildman–Crippen MR) is 148 cm³/mol. The summed E-state index contributed by atoms with van der Waals surface area (Å²) in [6.07, 6.45) is 28.5. The average Bonchev–Trinajstić information content (AvgIpc) is 3.13. The average molecular weight is 460 g/mol. The number of nitrogens with one attached hydrogen (secondary N) is 1. The van der Waals surface area contributed by atoms with Crippen LogP contribution in [0.4, 0.5) is 5.69 Å². The second-order valence-electron chi connectivity index (χ2n) is 7.90. The molecule has 0 saturated heterocycles. The van der Waals surface area contributed by atoms with Crippen LogP contribution in [0.2, 0.25) is 0 Å². The van der Waals surface area contributed by atoms with Crippen LogP contribution in [-0.4, -0.2) is 16.3 Å². The van der Waals surface area contributed by atoms with Crippen LogP contribution in [0.3, 0.4) is 0 Å². The molecule has 0 saturated carbocycles. The SMILES string of the molecule is C=C/C=C(C)\C=C/CSc1ccc(NC2=CCCC(SC3C=CC=C(C)C=C3)C=C2)cc1. The summed E-state index contributed by atoms with van der Waals surface area (Å²) >= 11 is 3.87. The smallest absolute Gasteiger partial charge is 0.0419 e. The molecule has 2 aliphatic rings. The van der Waals surface area contributed by atoms with Gasteiger partial charge in [-0.05, 0) is 57.0 Å². The van der Waals surface area contributed by atoms with Gasteiger partial charge in [0, 0.05) is 32.5 Å². The molecule has 0 bridgehead atoms. The molecule has 32 heavy (non-hydrogen) atoms. The second kappa shape index (κ2) is 13.2. The van der Waals surface area contributed by atoms with E-state index in [0.29, 0.717) is 10.5 Å². The van der Waals surface area contributed by atoms with Gasteiger partial charge in [-0.15, -0.1) is 23.5 Å². The fourth-order valence-electron chi connectivity index (χ4n) is 3.38. The standard InChI is InChI=1S/C29H33NS2/c1-4-8-23(2)10-7-22-31-27-19-15-26(16-20-27)30-25-11-6-13-29(21-17-25)32-28-12-5-9-24(3)14-18-28/h4-5,7-12,14-21,28-30H,1,6,13,22H2,2-3H3/b10-7-,23-8-. The Bertz CT molecular complexity index is 971. The monoisotopic (exact) mass is 459 g/mol. The molecule has 0 aromatic heterocycles. The minimum atomic E-state index is 0.440. The van der Waals surface area contributed by atoms with E-state index in [1.807, 2.05) is 35.7 Å². The topological polar surface area (TPSA) is 12.0 Å². The molecule has 3 heteroatoms. The molecule has 1 aromatic rings. The molecular weight excluding hydrogens is 426 g/mol. The molecule has 0 fully saturated rings. The third-order valence-electron chi connectivity index (χ3n) is 5.10. The molecule has 3 rings (SSSR count). The van der Waals surface area contributed by atoms with Crippen LogP contribution in [0, 0.1) is 0 Å². The van der Waals surface area contributed by atoms with E-state index in [4.69, 9.17) is 0 Å². The van der Waals surface area contributed by atoms with Crippen molar-refractivity contribution in [3.63, 3.8) is 0 Å². The second-order valence-corrected chi connectivity index (χ2v) is 10.4. The van der Waals surface area contributed by atoms with E-state index in [1.165, 1.54) is 28.2 Å². The maximum atomic E-state index is 3.73. The lowest BCUT2D eigenvalue weighted by atomic mass is 10.2. The van der Waals surface area contributed by atoms with Crippen molar-refractivity contribution in [2.24, 2.45) is 0 Å². The molecule has 1 nitrogen and oxygen atoms in total. The Labute approximate surface area is 202 Å². The van der Waals surface area contributed by atoms with Crippen LogP contribution in [-0.2, 0) is 0 Å². The van der Waals surface area contributed by atoms with Gasteiger partial charge in [-0.25, -0.2) is 0 Å². The van der Waals surface area contributed by atoms with E-state index in [2.05, 4.69) is 111 Å². The first-order valence-corrected chi connectivity index (χ1v) is 13.1. The maximum Gasteiger partial charge on any atom is 0.0419 e. The lowest BCUT2D eigenvalue weighted by molar-refractivity contribution is 0.888. The fraction of sp³-hybridized carbons (Fsp3) is 0.241. The molecular formula is C29H33NS2. The van der Waals surface area contributed by atoms with E-state index in [-0.39, 0.29) is 0 Å². The van der Waals surface area contributed by atoms with E-state index < -0.39 is 0 Å². The third kappa shape index (κ3) is 8.64. The molecule has 0 heterocycles. The Morgan fingerprint density at radius 2 is 2.00 bits per heavy atom. The molecule has 0 aliphatic heterocycles. The van der Waals surface area contributed by atoms with Crippen LogP contribution < -0.4 is 5.32 Å². The van der Waals surface area contributed by atoms with Gasteiger partial charge in [-0.2, -0.15) is 0 Å². The van der Waals surface area contributed by atoms with E-state index in [0.717, 1.165) is 17.9 Å². The fourth-order valence-corrected chi connectivity index (χ4v) is 5.29. The number of allylic oxidation sites excluding steroid dienone is 10. The number of hydrogen-bond acceptors (Lipinski definition) is 3. The number of hydrogen-bond donors (Lipinski definition) is 1. The van der Waals surface area contributed by atoms with Crippen molar-refractivity contribution >= 4 is 29.2 Å². The van der Waals surface area contributed by atoms with Gasteiger partial charge in [0.2, 0.25) is 0 Å². The minimum absolute atomic E-state index is 0.440. The van der Waals surface area contributed by atoms with Gasteiger partial charge < -0.3 is 5.32 Å². The number of benzene rings is 1. The summed E-state index contributed by atoms with van der Waals surface area (Å²) in [5.41, 5.74) is 4.85. The van der Waals surface area contributed by atoms with Gasteiger partial charge in [-0.1, -0.05) is 84.6 Å². The van der Waals surface area contributed by atoms with Crippen molar-refractivity contribution in [2.45, 2.75) is 42.1 Å². The zero-order valence-electron chi connectivity index (χ0n) is 19.0. The molecule has 0 radical (unpaired) electrons. The Morgan fingerprint density at radius 1 is 1.16 bits per heavy atom. The Balaban J connectivity index is 1.48. The first kappa shape index (κ1) is 24.3. The highest BCUT2D eigenvalue weighted by Crippen LogP contribution is 2.29. The van der Waals surface area contributed by atoms with Crippen molar-refractivity contribution in [1.82, 2.24) is 0 Å². The highest BCUT2D eigenvalue weighted by Gasteiger charge is 2.13. The van der Waals surface area contributed by atoms with Crippen molar-refractivity contribution in [1.29, 1.82) is 0 Å². The molecule has 0 amide bonds. The lowest BCUT2D eigenvalue weighted by Crippen LogP contribution is -2.04. The Morgan fingerprint density at radius 3 is 2.81 bits per heavy atom. The first-order chi connectivity index (χ1) is 15.6. The molecule has 166 valence electrons. The zero-order chi connectivity index (χ0) is 22.6. The molecule has 1 N–H and O–H groups in total. The zero-order valence-corrected chi connectivity index (χ0v) is 20.7. The largest absolute Gasteiger partial charge is 0.356 e. The summed E-state index contributed by atoms with van der Waals surface area (Å²) in [4.78, 5) is 1.28. The molecule has 2 aliphatic carbocycles. The van der Waals surface area contributed by atoms with Gasteiger partial charge in [0.05, 0.1) is 0 Å². The quantitative estimate of drug-likeness (QED) is 0.293. The van der Waals surface area contributed by atoms with Gasteiger partial charge >= 0.3 is 0 Å². The summed E-state index contributed by atoms with van der Waals surface area (Å²) in [6, 6.07) is 8.70. The number of rotatable bonds is 9. The van der Waals surface area contributed by atoms with Crippen molar-refractivity contribution in [3.8, 4) is 0 Å². The normalized spacial score (nSPS) is 21.1. The van der Waals surface area contributed by atoms with Gasteiger partial charge in [0.1, 0.15) is 0 Å². The van der Waals surface area contributed by atoms with Crippen LogP contribution in [0.15, 0.2) is 125 Å². The highest BCUT2D eigenvalue weighted by molar-refractivity contribution is 8.01. The number of anilines is 1. The Kier molecular flexibility index (Phi) is 10.1. The van der Waals surface area contributed by atoms with Crippen molar-refractivity contribution < 1.29 is 0 Å². The van der Waals surface area contributed by atoms with E-state index >= 15 is 0 Å². The molecule has 2 unspecified atom stereocenters. The van der Waals surface area contributed by atoms with Crippen LogP contribution in [0.5, 0.6) is 0 Å². The van der Waals surface area contributed by atoms with Crippen molar-refractivity contribution in [3.05, 3.63) is 121 Å². The maximum absolute atomic E-state index is 3.73. The van der Waals surface area contributed by atoms with Crippen LogP contribution in [0.1, 0.15) is 26.7 Å². The molecule has 2 atom stereocenters. The number of thioether (sulfide) groups is 2. The summed E-state index contributed by atoms with van der Waals surface area (Å²) < 4.78 is 0. The van der Waals surface area contributed by atoms with Gasteiger partial charge in [-0.3, -0.25) is 0 Å². The van der Waals surface area contributed by atoms with E-state index in [9.17, 15) is 0 Å². The van der Waals surface area contributed by atoms with E-state index in [1.54, 1.807) is 0 Å². The highest BCUT2D eigenvalue weighted by atomic mass is 32.2. The lowest BCUT2D eigenvalue weighted by Gasteiger charge is -2.14. The summed E-state index contributed by atoms with van der Waals surface area (Å²) in [7, 11) is 0. The van der Waals surface area contributed by atoms with Crippen LogP contribution in [0.25, 0.3) is 0 Å². The molecule has 1 aromatic carbocycles. The van der Waals surface area contributed by atoms with Crippen molar-refractivity contribution in [2.75, 3.05) is 11.1 Å². The summed E-state index contributed by atoms with van der Waals surface area (Å²) in [5.74, 6) is 0.961. The molecule has 0 spiro atoms. The Hall–Kier alpha value is -2.36. The summed E-state index contributed by atoms with van der Waals surface area (Å²) in [6.45, 7) is 7.96.